The summed E-state index contributed by atoms with van der Waals surface area (Å²) in [6, 6.07) is 6.36. The first-order valence-corrected chi connectivity index (χ1v) is 7.71. The monoisotopic (exact) mass is 343 g/mol. The number of carbonyl (C=O) groups excluding carboxylic acids is 2. The third-order valence-electron chi connectivity index (χ3n) is 3.84. The average molecular weight is 343 g/mol. The van der Waals surface area contributed by atoms with Gasteiger partial charge in [0, 0.05) is 32.1 Å². The number of nitrogens with zero attached hydrogens (tertiary/aromatic N) is 2. The number of rotatable bonds is 3. The maximum atomic E-state index is 12.5. The fourth-order valence-corrected chi connectivity index (χ4v) is 2.58. The number of amides is 2. The van der Waals surface area contributed by atoms with Gasteiger partial charge in [-0.05, 0) is 12.1 Å². The number of benzene rings is 1. The summed E-state index contributed by atoms with van der Waals surface area (Å²) in [7, 11) is 0. The van der Waals surface area contributed by atoms with E-state index >= 15 is 0 Å². The summed E-state index contributed by atoms with van der Waals surface area (Å²) in [5.74, 6) is -2.02. The van der Waals surface area contributed by atoms with Gasteiger partial charge in [-0.2, -0.15) is 13.2 Å². The highest BCUT2D eigenvalue weighted by atomic mass is 19.4. The molecule has 8 heteroatoms. The van der Waals surface area contributed by atoms with Crippen LogP contribution in [0.15, 0.2) is 24.3 Å². The van der Waals surface area contributed by atoms with Crippen LogP contribution in [0, 0.1) is 5.92 Å². The molecule has 132 valence electrons. The van der Waals surface area contributed by atoms with Gasteiger partial charge in [0.05, 0.1) is 11.4 Å². The van der Waals surface area contributed by atoms with Crippen LogP contribution >= 0.6 is 0 Å². The number of hydrogen-bond acceptors (Lipinski definition) is 3. The van der Waals surface area contributed by atoms with Crippen molar-refractivity contribution >= 4 is 23.2 Å². The Hall–Kier alpha value is -2.25. The van der Waals surface area contributed by atoms with Crippen LogP contribution < -0.4 is 10.2 Å². The molecule has 24 heavy (non-hydrogen) atoms. The second-order valence-electron chi connectivity index (χ2n) is 5.94. The number of halogens is 3. The van der Waals surface area contributed by atoms with Crippen LogP contribution in [0.1, 0.15) is 13.8 Å². The Morgan fingerprint density at radius 1 is 1.08 bits per heavy atom. The van der Waals surface area contributed by atoms with Gasteiger partial charge in [0.2, 0.25) is 5.91 Å². The predicted molar refractivity (Wildman–Crippen MR) is 84.8 cm³/mol. The Bertz CT molecular complexity index is 609. The number of anilines is 2. The van der Waals surface area contributed by atoms with Crippen LogP contribution in [0.25, 0.3) is 0 Å². The van der Waals surface area contributed by atoms with Gasteiger partial charge in [0.15, 0.2) is 0 Å². The minimum Gasteiger partial charge on any atom is -0.366 e. The van der Waals surface area contributed by atoms with E-state index in [1.807, 2.05) is 24.1 Å². The molecular weight excluding hydrogens is 323 g/mol. The SMILES string of the molecule is CC(C)C(=O)N1CCN(c2ccccc2NC(=O)C(F)(F)F)CC1. The van der Waals surface area contributed by atoms with Crippen LogP contribution in [-0.4, -0.2) is 49.1 Å². The van der Waals surface area contributed by atoms with E-state index < -0.39 is 12.1 Å². The standard InChI is InChI=1S/C16H20F3N3O2/c1-11(2)14(23)22-9-7-21(8-10-22)13-6-4-3-5-12(13)20-15(24)16(17,18)19/h3-6,11H,7-10H2,1-2H3,(H,20,24). The molecule has 2 rings (SSSR count). The van der Waals surface area contributed by atoms with Gasteiger partial charge >= 0.3 is 12.1 Å². The number of carbonyl (C=O) groups is 2. The predicted octanol–water partition coefficient (Wildman–Crippen LogP) is 2.49. The molecule has 0 bridgehead atoms. The van der Waals surface area contributed by atoms with Crippen molar-refractivity contribution in [2.24, 2.45) is 5.92 Å². The minimum atomic E-state index is -4.94. The smallest absolute Gasteiger partial charge is 0.366 e. The number of alkyl halides is 3. The second-order valence-corrected chi connectivity index (χ2v) is 5.94. The van der Waals surface area contributed by atoms with E-state index in [0.717, 1.165) is 0 Å². The van der Waals surface area contributed by atoms with Crippen LogP contribution in [0.2, 0.25) is 0 Å². The summed E-state index contributed by atoms with van der Waals surface area (Å²) in [5, 5.41) is 1.91. The fraction of sp³-hybridized carbons (Fsp3) is 0.500. The molecule has 1 aromatic carbocycles. The molecule has 0 radical (unpaired) electrons. The van der Waals surface area contributed by atoms with E-state index in [1.54, 1.807) is 23.1 Å². The van der Waals surface area contributed by atoms with Crippen LogP contribution in [0.3, 0.4) is 0 Å². The zero-order chi connectivity index (χ0) is 17.9. The lowest BCUT2D eigenvalue weighted by molar-refractivity contribution is -0.167. The Morgan fingerprint density at radius 3 is 2.21 bits per heavy atom. The first-order valence-electron chi connectivity index (χ1n) is 7.71. The third-order valence-corrected chi connectivity index (χ3v) is 3.84. The molecule has 1 fully saturated rings. The summed E-state index contributed by atoms with van der Waals surface area (Å²) in [4.78, 5) is 26.8. The zero-order valence-electron chi connectivity index (χ0n) is 13.6. The third kappa shape index (κ3) is 4.18. The Morgan fingerprint density at radius 2 is 1.67 bits per heavy atom. The quantitative estimate of drug-likeness (QED) is 0.917. The minimum absolute atomic E-state index is 0.0632. The lowest BCUT2D eigenvalue weighted by atomic mass is 10.1. The van der Waals surface area contributed by atoms with Gasteiger partial charge in [-0.25, -0.2) is 0 Å². The molecule has 1 N–H and O–H groups in total. The van der Waals surface area contributed by atoms with Gasteiger partial charge in [0.25, 0.3) is 0 Å². The van der Waals surface area contributed by atoms with Gasteiger partial charge in [-0.1, -0.05) is 26.0 Å². The van der Waals surface area contributed by atoms with Crippen LogP contribution in [0.5, 0.6) is 0 Å². The molecule has 1 heterocycles. The molecule has 1 aliphatic rings. The van der Waals surface area contributed by atoms with E-state index in [9.17, 15) is 22.8 Å². The highest BCUT2D eigenvalue weighted by Gasteiger charge is 2.39. The van der Waals surface area contributed by atoms with Crippen LogP contribution in [-0.2, 0) is 9.59 Å². The van der Waals surface area contributed by atoms with Crippen LogP contribution in [0.4, 0.5) is 24.5 Å². The highest BCUT2D eigenvalue weighted by molar-refractivity contribution is 5.97. The number of nitrogens with one attached hydrogen (secondary N) is 1. The van der Waals surface area contributed by atoms with E-state index in [-0.39, 0.29) is 17.5 Å². The molecule has 0 aromatic heterocycles. The van der Waals surface area contributed by atoms with E-state index in [0.29, 0.717) is 31.9 Å². The van der Waals surface area contributed by atoms with Gasteiger partial charge in [-0.15, -0.1) is 0 Å². The van der Waals surface area contributed by atoms with E-state index in [4.69, 9.17) is 0 Å². The first kappa shape index (κ1) is 18.1. The van der Waals surface area contributed by atoms with Crippen molar-refractivity contribution in [2.75, 3.05) is 36.4 Å². The van der Waals surface area contributed by atoms with Crippen molar-refractivity contribution in [3.8, 4) is 0 Å². The van der Waals surface area contributed by atoms with Gasteiger partial charge in [0.1, 0.15) is 0 Å². The van der Waals surface area contributed by atoms with Crippen molar-refractivity contribution < 1.29 is 22.8 Å². The molecule has 0 unspecified atom stereocenters. The molecule has 1 saturated heterocycles. The van der Waals surface area contributed by atoms with Crippen molar-refractivity contribution in [1.82, 2.24) is 4.90 Å². The molecule has 0 saturated carbocycles. The summed E-state index contributed by atoms with van der Waals surface area (Å²) in [6.45, 7) is 5.65. The average Bonchev–Trinajstić information content (AvgIpc) is 2.54. The van der Waals surface area contributed by atoms with Crippen molar-refractivity contribution in [2.45, 2.75) is 20.0 Å². The van der Waals surface area contributed by atoms with Crippen molar-refractivity contribution in [3.63, 3.8) is 0 Å². The molecule has 0 atom stereocenters. The Balaban J connectivity index is 2.09. The first-order chi connectivity index (χ1) is 11.2. The Labute approximate surface area is 138 Å². The fourth-order valence-electron chi connectivity index (χ4n) is 2.58. The summed E-state index contributed by atoms with van der Waals surface area (Å²) in [6.07, 6.45) is -4.94. The summed E-state index contributed by atoms with van der Waals surface area (Å²) >= 11 is 0. The van der Waals surface area contributed by atoms with E-state index in [1.165, 1.54) is 6.07 Å². The van der Waals surface area contributed by atoms with Crippen molar-refractivity contribution in [1.29, 1.82) is 0 Å². The molecule has 1 aromatic rings. The molecule has 0 aliphatic carbocycles. The van der Waals surface area contributed by atoms with Gasteiger partial charge in [-0.3, -0.25) is 9.59 Å². The largest absolute Gasteiger partial charge is 0.471 e. The second kappa shape index (κ2) is 7.11. The summed E-state index contributed by atoms with van der Waals surface area (Å²) < 4.78 is 37.4. The van der Waals surface area contributed by atoms with Gasteiger partial charge < -0.3 is 15.1 Å². The number of para-hydroxylation sites is 2. The molecular formula is C16H20F3N3O2. The maximum absolute atomic E-state index is 12.5. The molecule has 1 aliphatic heterocycles. The zero-order valence-corrected chi connectivity index (χ0v) is 13.6. The lowest BCUT2D eigenvalue weighted by Crippen LogP contribution is -2.50. The number of hydrogen-bond donors (Lipinski definition) is 1. The summed E-state index contributed by atoms with van der Waals surface area (Å²) in [5.41, 5.74) is 0.634. The molecule has 2 amide bonds. The van der Waals surface area contributed by atoms with E-state index in [2.05, 4.69) is 0 Å². The maximum Gasteiger partial charge on any atom is 0.471 e. The Kier molecular flexibility index (Phi) is 5.36. The topological polar surface area (TPSA) is 52.7 Å². The number of piperazine rings is 1. The van der Waals surface area contributed by atoms with Crippen molar-refractivity contribution in [3.05, 3.63) is 24.3 Å². The molecule has 5 nitrogen and oxygen atoms in total. The lowest BCUT2D eigenvalue weighted by Gasteiger charge is -2.37. The molecule has 0 spiro atoms. The normalized spacial score (nSPS) is 15.6. The highest BCUT2D eigenvalue weighted by Crippen LogP contribution is 2.28.